The van der Waals surface area contributed by atoms with Gasteiger partial charge in [0.25, 0.3) is 0 Å². The maximum atomic E-state index is 12.7. The van der Waals surface area contributed by atoms with Gasteiger partial charge in [-0.1, -0.05) is 19.6 Å². The van der Waals surface area contributed by atoms with Gasteiger partial charge in [0.05, 0.1) is 24.3 Å². The number of aliphatic hydroxyl groups is 1. The van der Waals surface area contributed by atoms with Gasteiger partial charge in [-0.2, -0.15) is 5.10 Å². The zero-order chi connectivity index (χ0) is 24.7. The molecular weight excluding hydrogens is 460 g/mol. The molecule has 4 rings (SSSR count). The van der Waals surface area contributed by atoms with Gasteiger partial charge in [0, 0.05) is 41.9 Å². The van der Waals surface area contributed by atoms with E-state index in [4.69, 9.17) is 4.74 Å². The number of hydrogen-bond acceptors (Lipinski definition) is 7. The highest BCUT2D eigenvalue weighted by atomic mass is 32.2. The van der Waals surface area contributed by atoms with E-state index in [0.29, 0.717) is 24.3 Å². The summed E-state index contributed by atoms with van der Waals surface area (Å²) in [6.45, 7) is 7.55. The smallest absolute Gasteiger partial charge is 0.410 e. The van der Waals surface area contributed by atoms with E-state index in [1.165, 1.54) is 22.7 Å². The summed E-state index contributed by atoms with van der Waals surface area (Å²) in [4.78, 5) is 41.1. The molecule has 2 amide bonds. The highest BCUT2D eigenvalue weighted by Gasteiger charge is 2.60. The third kappa shape index (κ3) is 4.22. The molecule has 11 heteroatoms. The number of β-lactam (4-membered cyclic amide) rings is 1. The van der Waals surface area contributed by atoms with E-state index in [9.17, 15) is 24.6 Å². The standard InChI is InChI=1S/C23H30N4O6S/c1-5-6-33-23(32)26-11-16(8-15(26)7-14-9-24-25(4)10-14)34-20-12(2)18-17(13(3)28)21(29)27(18)19(20)22(30)31/h5,9-10,12-13,15-18,28H,1,6-8,11H2,2-4H3,(H,30,31)/t12-,13-,15-,16+,17-,18-/m1/s1. The first kappa shape index (κ1) is 24.3. The first-order valence-corrected chi connectivity index (χ1v) is 12.2. The van der Waals surface area contributed by atoms with Crippen molar-refractivity contribution in [3.63, 3.8) is 0 Å². The fourth-order valence-electron chi connectivity index (χ4n) is 5.30. The van der Waals surface area contributed by atoms with E-state index in [1.807, 2.05) is 20.2 Å². The first-order chi connectivity index (χ1) is 16.1. The molecule has 34 heavy (non-hydrogen) atoms. The number of aliphatic hydroxyl groups excluding tert-OH is 1. The zero-order valence-electron chi connectivity index (χ0n) is 19.5. The quantitative estimate of drug-likeness (QED) is 0.416. The summed E-state index contributed by atoms with van der Waals surface area (Å²) in [5.41, 5.74) is 0.995. The van der Waals surface area contributed by atoms with Crippen molar-refractivity contribution in [2.24, 2.45) is 18.9 Å². The van der Waals surface area contributed by atoms with Gasteiger partial charge in [0.1, 0.15) is 12.3 Å². The summed E-state index contributed by atoms with van der Waals surface area (Å²) in [6, 6.07) is -0.490. The number of likely N-dealkylation sites (tertiary alicyclic amines) is 1. The van der Waals surface area contributed by atoms with Crippen LogP contribution in [0.15, 0.2) is 35.7 Å². The SMILES string of the molecule is C=CCOC(=O)N1C[C@@H](SC2=C(C(=O)O)N3C(=O)[C@H]([C@@H](C)O)[C@H]3[C@H]2C)C[C@H]1Cc1cnn(C)c1. The Hall–Kier alpha value is -2.79. The molecule has 0 unspecified atom stereocenters. The fraction of sp³-hybridized carbons (Fsp3) is 0.565. The Morgan fingerprint density at radius 1 is 1.44 bits per heavy atom. The molecule has 1 aromatic rings. The number of amides is 2. The van der Waals surface area contributed by atoms with Gasteiger partial charge >= 0.3 is 12.1 Å². The Morgan fingerprint density at radius 3 is 2.76 bits per heavy atom. The molecule has 2 saturated heterocycles. The van der Waals surface area contributed by atoms with Gasteiger partial charge in [-0.25, -0.2) is 9.59 Å². The number of carbonyl (C=O) groups is 3. The van der Waals surface area contributed by atoms with E-state index in [2.05, 4.69) is 11.7 Å². The second-order valence-electron chi connectivity index (χ2n) is 9.15. The molecule has 6 atom stereocenters. The fourth-order valence-corrected chi connectivity index (χ4v) is 6.86. The number of aromatic nitrogens is 2. The Bertz CT molecular complexity index is 1040. The highest BCUT2D eigenvalue weighted by Crippen LogP contribution is 2.52. The number of hydrogen-bond donors (Lipinski definition) is 2. The third-order valence-corrected chi connectivity index (χ3v) is 8.26. The molecule has 0 aromatic carbocycles. The third-order valence-electron chi connectivity index (χ3n) is 6.77. The van der Waals surface area contributed by atoms with E-state index in [-0.39, 0.29) is 41.5 Å². The molecule has 2 N–H and O–H groups in total. The summed E-state index contributed by atoms with van der Waals surface area (Å²) in [7, 11) is 1.83. The summed E-state index contributed by atoms with van der Waals surface area (Å²) >= 11 is 1.42. The van der Waals surface area contributed by atoms with Crippen molar-refractivity contribution < 1.29 is 29.3 Å². The Morgan fingerprint density at radius 2 is 2.18 bits per heavy atom. The molecule has 0 aliphatic carbocycles. The maximum absolute atomic E-state index is 12.7. The second kappa shape index (κ2) is 9.46. The van der Waals surface area contributed by atoms with Crippen molar-refractivity contribution in [3.8, 4) is 0 Å². The van der Waals surface area contributed by atoms with Gasteiger partial charge < -0.3 is 24.7 Å². The predicted molar refractivity (Wildman–Crippen MR) is 125 cm³/mol. The minimum absolute atomic E-state index is 0.000827. The lowest BCUT2D eigenvalue weighted by Crippen LogP contribution is -2.63. The predicted octanol–water partition coefficient (Wildman–Crippen LogP) is 1.61. The van der Waals surface area contributed by atoms with Gasteiger partial charge in [0.15, 0.2) is 0 Å². The van der Waals surface area contributed by atoms with Gasteiger partial charge in [-0.05, 0) is 25.3 Å². The number of aryl methyl sites for hydroxylation is 1. The van der Waals surface area contributed by atoms with Crippen molar-refractivity contribution in [1.82, 2.24) is 19.6 Å². The Labute approximate surface area is 202 Å². The van der Waals surface area contributed by atoms with Gasteiger partial charge in [-0.3, -0.25) is 9.48 Å². The minimum atomic E-state index is -1.15. The van der Waals surface area contributed by atoms with E-state index in [0.717, 1.165) is 5.56 Å². The van der Waals surface area contributed by atoms with Crippen LogP contribution >= 0.6 is 11.8 Å². The Kier molecular flexibility index (Phi) is 6.77. The lowest BCUT2D eigenvalue weighted by atomic mass is 9.79. The van der Waals surface area contributed by atoms with E-state index < -0.39 is 24.1 Å². The van der Waals surface area contributed by atoms with Crippen molar-refractivity contribution in [3.05, 3.63) is 41.2 Å². The number of carboxylic acids is 1. The van der Waals surface area contributed by atoms with Crippen LogP contribution in [0.4, 0.5) is 4.79 Å². The molecule has 1 aromatic heterocycles. The van der Waals surface area contributed by atoms with E-state index >= 15 is 0 Å². The maximum Gasteiger partial charge on any atom is 0.410 e. The molecule has 3 aliphatic rings. The topological polar surface area (TPSA) is 125 Å². The zero-order valence-corrected chi connectivity index (χ0v) is 20.3. The molecule has 4 heterocycles. The van der Waals surface area contributed by atoms with Crippen LogP contribution in [0, 0.1) is 11.8 Å². The highest BCUT2D eigenvalue weighted by molar-refractivity contribution is 8.03. The second-order valence-corrected chi connectivity index (χ2v) is 10.5. The number of aliphatic carboxylic acids is 1. The number of fused-ring (bicyclic) bond motifs is 1. The van der Waals surface area contributed by atoms with Gasteiger partial charge in [0.2, 0.25) is 5.91 Å². The van der Waals surface area contributed by atoms with Crippen molar-refractivity contribution >= 4 is 29.7 Å². The molecule has 184 valence electrons. The minimum Gasteiger partial charge on any atom is -0.477 e. The molecule has 0 saturated carbocycles. The van der Waals surface area contributed by atoms with Crippen molar-refractivity contribution in [2.75, 3.05) is 13.2 Å². The monoisotopic (exact) mass is 490 g/mol. The first-order valence-electron chi connectivity index (χ1n) is 11.3. The normalized spacial score (nSPS) is 29.2. The van der Waals surface area contributed by atoms with Crippen LogP contribution in [-0.4, -0.2) is 84.4 Å². The Balaban J connectivity index is 1.55. The van der Waals surface area contributed by atoms with Crippen molar-refractivity contribution in [2.45, 2.75) is 50.1 Å². The largest absolute Gasteiger partial charge is 0.477 e. The average Bonchev–Trinajstić information content (AvgIpc) is 3.42. The van der Waals surface area contributed by atoms with Gasteiger partial charge in [-0.15, -0.1) is 11.8 Å². The molecule has 3 aliphatic heterocycles. The lowest BCUT2D eigenvalue weighted by molar-refractivity contribution is -0.163. The summed E-state index contributed by atoms with van der Waals surface area (Å²) in [6.07, 6.45) is 5.16. The molecule has 0 bridgehead atoms. The van der Waals surface area contributed by atoms with E-state index in [1.54, 1.807) is 22.7 Å². The number of carboxylic acid groups (broad SMARTS) is 1. The van der Waals surface area contributed by atoms with Crippen LogP contribution in [0.2, 0.25) is 0 Å². The van der Waals surface area contributed by atoms with Crippen LogP contribution < -0.4 is 0 Å². The van der Waals surface area contributed by atoms with Crippen LogP contribution in [0.1, 0.15) is 25.8 Å². The molecule has 0 radical (unpaired) electrons. The number of nitrogens with zero attached hydrogens (tertiary/aromatic N) is 4. The number of thioether (sulfide) groups is 1. The summed E-state index contributed by atoms with van der Waals surface area (Å²) in [5, 5.41) is 24.1. The lowest BCUT2D eigenvalue weighted by Gasteiger charge is -2.46. The molecule has 0 spiro atoms. The summed E-state index contributed by atoms with van der Waals surface area (Å²) < 4.78 is 7.01. The number of carbonyl (C=O) groups excluding carboxylic acids is 2. The summed E-state index contributed by atoms with van der Waals surface area (Å²) in [5.74, 6) is -2.32. The molecule has 2 fully saturated rings. The van der Waals surface area contributed by atoms with Crippen LogP contribution in [0.5, 0.6) is 0 Å². The number of ether oxygens (including phenoxy) is 1. The van der Waals surface area contributed by atoms with Crippen molar-refractivity contribution in [1.29, 1.82) is 0 Å². The van der Waals surface area contributed by atoms with Crippen LogP contribution in [-0.2, 0) is 27.8 Å². The molecular formula is C23H30N4O6S. The van der Waals surface area contributed by atoms with Crippen LogP contribution in [0.25, 0.3) is 0 Å². The molecule has 10 nitrogen and oxygen atoms in total. The average molecular weight is 491 g/mol. The van der Waals surface area contributed by atoms with Crippen LogP contribution in [0.3, 0.4) is 0 Å². The number of rotatable bonds is 8.